The van der Waals surface area contributed by atoms with Gasteiger partial charge in [0, 0.05) is 0 Å². The Morgan fingerprint density at radius 2 is 2.29 bits per heavy atom. The van der Waals surface area contributed by atoms with E-state index in [1.54, 1.807) is 0 Å². The highest BCUT2D eigenvalue weighted by molar-refractivity contribution is 5.50. The molecule has 2 rings (SSSR count). The van der Waals surface area contributed by atoms with Gasteiger partial charge in [-0.3, -0.25) is 0 Å². The Labute approximate surface area is 83.2 Å². The fraction of sp³-hybridized carbons (Fsp3) is 0.500. The monoisotopic (exact) mass is 193 g/mol. The Bertz CT molecular complexity index is 347. The van der Waals surface area contributed by atoms with Crippen LogP contribution in [0.2, 0.25) is 0 Å². The molecule has 76 valence electrons. The van der Waals surface area contributed by atoms with Crippen molar-refractivity contribution < 1.29 is 5.11 Å². The minimum Gasteiger partial charge on any atom is -0.397 e. The third kappa shape index (κ3) is 1.65. The first-order valence-electron chi connectivity index (χ1n) is 4.77. The maximum Gasteiger partial charge on any atom is 0.126 e. The molecule has 0 aliphatic heterocycles. The summed E-state index contributed by atoms with van der Waals surface area (Å²) in [6, 6.07) is 3.68. The highest BCUT2D eigenvalue weighted by Crippen LogP contribution is 2.37. The largest absolute Gasteiger partial charge is 0.397 e. The zero-order chi connectivity index (χ0) is 10.2. The number of pyridine rings is 1. The van der Waals surface area contributed by atoms with Gasteiger partial charge in [-0.05, 0) is 31.9 Å². The molecule has 0 aromatic carbocycles. The number of aryl methyl sites for hydroxylation is 1. The number of hydrogen-bond donors (Lipinski definition) is 3. The molecule has 1 fully saturated rings. The molecule has 1 saturated carbocycles. The Kier molecular flexibility index (Phi) is 2.07. The second-order valence-corrected chi connectivity index (χ2v) is 3.93. The van der Waals surface area contributed by atoms with Gasteiger partial charge in [0.2, 0.25) is 0 Å². The Balaban J connectivity index is 2.14. The van der Waals surface area contributed by atoms with Crippen LogP contribution in [0.4, 0.5) is 11.5 Å². The predicted octanol–water partition coefficient (Wildman–Crippen LogP) is 0.909. The Hall–Kier alpha value is -1.29. The summed E-state index contributed by atoms with van der Waals surface area (Å²) in [6.45, 7) is 2.04. The van der Waals surface area contributed by atoms with Gasteiger partial charge in [-0.1, -0.05) is 0 Å². The van der Waals surface area contributed by atoms with E-state index in [1.807, 2.05) is 19.1 Å². The molecule has 0 saturated heterocycles. The van der Waals surface area contributed by atoms with Crippen LogP contribution in [0.15, 0.2) is 12.1 Å². The molecule has 4 N–H and O–H groups in total. The lowest BCUT2D eigenvalue weighted by Gasteiger charge is -2.15. The lowest BCUT2D eigenvalue weighted by Crippen LogP contribution is -2.26. The second-order valence-electron chi connectivity index (χ2n) is 3.93. The average molecular weight is 193 g/mol. The number of anilines is 2. The van der Waals surface area contributed by atoms with Gasteiger partial charge in [0.1, 0.15) is 5.82 Å². The van der Waals surface area contributed by atoms with E-state index in [1.165, 1.54) is 0 Å². The highest BCUT2D eigenvalue weighted by Gasteiger charge is 2.42. The van der Waals surface area contributed by atoms with Crippen molar-refractivity contribution in [2.75, 3.05) is 17.7 Å². The zero-order valence-corrected chi connectivity index (χ0v) is 8.25. The molecule has 14 heavy (non-hydrogen) atoms. The molecule has 4 nitrogen and oxygen atoms in total. The van der Waals surface area contributed by atoms with E-state index in [0.29, 0.717) is 5.69 Å². The minimum atomic E-state index is -0.116. The molecule has 1 aromatic heterocycles. The van der Waals surface area contributed by atoms with E-state index < -0.39 is 0 Å². The summed E-state index contributed by atoms with van der Waals surface area (Å²) < 4.78 is 0. The van der Waals surface area contributed by atoms with E-state index in [4.69, 9.17) is 10.8 Å². The number of nitrogens with two attached hydrogens (primary N) is 1. The first kappa shape index (κ1) is 9.27. The fourth-order valence-corrected chi connectivity index (χ4v) is 1.39. The fourth-order valence-electron chi connectivity index (χ4n) is 1.39. The van der Waals surface area contributed by atoms with Crippen LogP contribution in [-0.2, 0) is 0 Å². The van der Waals surface area contributed by atoms with Crippen LogP contribution in [0.25, 0.3) is 0 Å². The first-order chi connectivity index (χ1) is 6.65. The molecule has 0 bridgehead atoms. The molecular formula is C10H15N3O. The van der Waals surface area contributed by atoms with Gasteiger partial charge in [0.05, 0.1) is 23.5 Å². The maximum atomic E-state index is 9.13. The number of nitrogens with one attached hydrogen (secondary N) is 1. The van der Waals surface area contributed by atoms with Crippen molar-refractivity contribution >= 4 is 11.5 Å². The predicted molar refractivity (Wildman–Crippen MR) is 56.1 cm³/mol. The number of aliphatic hydroxyl groups is 1. The normalized spacial score (nSPS) is 17.9. The van der Waals surface area contributed by atoms with E-state index in [-0.39, 0.29) is 12.1 Å². The third-order valence-electron chi connectivity index (χ3n) is 2.68. The van der Waals surface area contributed by atoms with Crippen molar-refractivity contribution in [2.24, 2.45) is 0 Å². The van der Waals surface area contributed by atoms with Gasteiger partial charge in [-0.2, -0.15) is 0 Å². The second kappa shape index (κ2) is 3.13. The van der Waals surface area contributed by atoms with Crippen molar-refractivity contribution in [1.29, 1.82) is 0 Å². The molecular weight excluding hydrogens is 178 g/mol. The number of nitrogens with zero attached hydrogens (tertiary/aromatic N) is 1. The van der Waals surface area contributed by atoms with Crippen LogP contribution in [0.1, 0.15) is 18.5 Å². The summed E-state index contributed by atoms with van der Waals surface area (Å²) in [5.41, 5.74) is 7.07. The molecule has 1 heterocycles. The number of nitrogen functional groups attached to an aromatic ring is 1. The minimum absolute atomic E-state index is 0.116. The van der Waals surface area contributed by atoms with E-state index in [2.05, 4.69) is 10.3 Å². The topological polar surface area (TPSA) is 71.2 Å². The SMILES string of the molecule is Cc1nc(NC2(CO)CC2)ccc1N. The summed E-state index contributed by atoms with van der Waals surface area (Å²) >= 11 is 0. The number of aliphatic hydroxyl groups excluding tert-OH is 1. The van der Waals surface area contributed by atoms with E-state index >= 15 is 0 Å². The lowest BCUT2D eigenvalue weighted by molar-refractivity contribution is 0.266. The van der Waals surface area contributed by atoms with Crippen LogP contribution in [0.3, 0.4) is 0 Å². The van der Waals surface area contributed by atoms with Crippen LogP contribution < -0.4 is 11.1 Å². The molecule has 0 unspecified atom stereocenters. The van der Waals surface area contributed by atoms with Gasteiger partial charge in [0.25, 0.3) is 0 Å². The Morgan fingerprint density at radius 1 is 1.57 bits per heavy atom. The van der Waals surface area contributed by atoms with Crippen molar-refractivity contribution in [3.8, 4) is 0 Å². The third-order valence-corrected chi connectivity index (χ3v) is 2.68. The number of rotatable bonds is 3. The van der Waals surface area contributed by atoms with E-state index in [0.717, 1.165) is 24.4 Å². The Morgan fingerprint density at radius 3 is 2.79 bits per heavy atom. The summed E-state index contributed by atoms with van der Waals surface area (Å²) in [7, 11) is 0. The van der Waals surface area contributed by atoms with Crippen molar-refractivity contribution in [3.63, 3.8) is 0 Å². The molecule has 1 aliphatic rings. The lowest BCUT2D eigenvalue weighted by atomic mass is 10.2. The maximum absolute atomic E-state index is 9.13. The van der Waals surface area contributed by atoms with Crippen LogP contribution >= 0.6 is 0 Å². The van der Waals surface area contributed by atoms with E-state index in [9.17, 15) is 0 Å². The summed E-state index contributed by atoms with van der Waals surface area (Å²) in [4.78, 5) is 4.30. The molecule has 1 aromatic rings. The summed E-state index contributed by atoms with van der Waals surface area (Å²) in [5, 5.41) is 12.4. The first-order valence-corrected chi connectivity index (χ1v) is 4.77. The quantitative estimate of drug-likeness (QED) is 0.667. The molecule has 0 radical (unpaired) electrons. The van der Waals surface area contributed by atoms with Gasteiger partial charge in [0.15, 0.2) is 0 Å². The molecule has 1 aliphatic carbocycles. The van der Waals surface area contributed by atoms with Gasteiger partial charge < -0.3 is 16.2 Å². The number of hydrogen-bond acceptors (Lipinski definition) is 4. The van der Waals surface area contributed by atoms with Crippen molar-refractivity contribution in [1.82, 2.24) is 4.98 Å². The molecule has 4 heteroatoms. The molecule has 0 amide bonds. The smallest absolute Gasteiger partial charge is 0.126 e. The number of aromatic nitrogens is 1. The van der Waals surface area contributed by atoms with Gasteiger partial charge in [-0.25, -0.2) is 4.98 Å². The van der Waals surface area contributed by atoms with Crippen molar-refractivity contribution in [2.45, 2.75) is 25.3 Å². The van der Waals surface area contributed by atoms with Crippen molar-refractivity contribution in [3.05, 3.63) is 17.8 Å². The highest BCUT2D eigenvalue weighted by atomic mass is 16.3. The summed E-state index contributed by atoms with van der Waals surface area (Å²) in [5.74, 6) is 0.795. The zero-order valence-electron chi connectivity index (χ0n) is 8.25. The standard InChI is InChI=1S/C10H15N3O/c1-7-8(11)2-3-9(12-7)13-10(6-14)4-5-10/h2-3,14H,4-6,11H2,1H3,(H,12,13). The summed E-state index contributed by atoms with van der Waals surface area (Å²) in [6.07, 6.45) is 2.02. The van der Waals surface area contributed by atoms with Gasteiger partial charge >= 0.3 is 0 Å². The molecule has 0 atom stereocenters. The van der Waals surface area contributed by atoms with Crippen LogP contribution in [0.5, 0.6) is 0 Å². The average Bonchev–Trinajstić information content (AvgIpc) is 2.93. The van der Waals surface area contributed by atoms with Crippen LogP contribution in [-0.4, -0.2) is 22.2 Å². The molecule has 0 spiro atoms. The van der Waals surface area contributed by atoms with Crippen LogP contribution in [0, 0.1) is 6.92 Å². The van der Waals surface area contributed by atoms with Gasteiger partial charge in [-0.15, -0.1) is 0 Å².